The minimum atomic E-state index is 0.0244. The van der Waals surface area contributed by atoms with Crippen LogP contribution in [0.4, 0.5) is 0 Å². The van der Waals surface area contributed by atoms with Crippen LogP contribution in [0.1, 0.15) is 19.2 Å². The molecule has 0 saturated heterocycles. The Morgan fingerprint density at radius 3 is 3.24 bits per heavy atom. The minimum Gasteiger partial charge on any atom is -0.395 e. The molecule has 0 aromatic carbocycles. The van der Waals surface area contributed by atoms with Gasteiger partial charge in [0.05, 0.1) is 6.61 Å². The van der Waals surface area contributed by atoms with Crippen LogP contribution in [0.25, 0.3) is 0 Å². The Labute approximate surface area is 101 Å². The van der Waals surface area contributed by atoms with Gasteiger partial charge in [0, 0.05) is 44.4 Å². The average molecular weight is 237 g/mol. The van der Waals surface area contributed by atoms with Gasteiger partial charge in [0.2, 0.25) is 5.91 Å². The number of carbonyl (C=O) groups excluding carboxylic acids is 1. The number of aryl methyl sites for hydroxylation is 1. The van der Waals surface area contributed by atoms with E-state index in [-0.39, 0.29) is 18.4 Å². The Morgan fingerprint density at radius 2 is 2.53 bits per heavy atom. The van der Waals surface area contributed by atoms with Crippen LogP contribution >= 0.6 is 0 Å². The molecule has 1 aromatic rings. The molecule has 1 amide bonds. The summed E-state index contributed by atoms with van der Waals surface area (Å²) in [7, 11) is 0. The van der Waals surface area contributed by atoms with Crippen molar-refractivity contribution in [2.24, 2.45) is 5.92 Å². The summed E-state index contributed by atoms with van der Waals surface area (Å²) in [5, 5.41) is 8.93. The van der Waals surface area contributed by atoms with E-state index < -0.39 is 0 Å². The Hall–Kier alpha value is -1.36. The molecule has 0 fully saturated rings. The SMILES string of the molecule is CCN(CCO)C(=O)C1CCn2ccnc2C1. The van der Waals surface area contributed by atoms with Crippen LogP contribution in [-0.2, 0) is 17.8 Å². The summed E-state index contributed by atoms with van der Waals surface area (Å²) >= 11 is 0. The van der Waals surface area contributed by atoms with Gasteiger partial charge in [0.1, 0.15) is 5.82 Å². The normalized spacial score (nSPS) is 18.8. The summed E-state index contributed by atoms with van der Waals surface area (Å²) in [6.07, 6.45) is 5.33. The maximum Gasteiger partial charge on any atom is 0.226 e. The fourth-order valence-electron chi connectivity index (χ4n) is 2.36. The number of rotatable bonds is 4. The minimum absolute atomic E-state index is 0.0244. The number of aliphatic hydroxyl groups is 1. The molecule has 0 bridgehead atoms. The predicted molar refractivity (Wildman–Crippen MR) is 63.4 cm³/mol. The lowest BCUT2D eigenvalue weighted by atomic mass is 9.96. The van der Waals surface area contributed by atoms with Crippen molar-refractivity contribution in [3.8, 4) is 0 Å². The number of carbonyl (C=O) groups is 1. The molecule has 17 heavy (non-hydrogen) atoms. The van der Waals surface area contributed by atoms with Gasteiger partial charge >= 0.3 is 0 Å². The molecule has 5 nitrogen and oxygen atoms in total. The molecule has 0 spiro atoms. The molecule has 5 heteroatoms. The first kappa shape index (κ1) is 12.1. The number of hydrogen-bond donors (Lipinski definition) is 1. The fourth-order valence-corrected chi connectivity index (χ4v) is 2.36. The van der Waals surface area contributed by atoms with Crippen molar-refractivity contribution in [1.82, 2.24) is 14.5 Å². The molecule has 94 valence electrons. The van der Waals surface area contributed by atoms with Gasteiger partial charge in [-0.1, -0.05) is 0 Å². The van der Waals surface area contributed by atoms with Crippen LogP contribution in [0.15, 0.2) is 12.4 Å². The lowest BCUT2D eigenvalue weighted by Gasteiger charge is -2.28. The zero-order valence-corrected chi connectivity index (χ0v) is 10.2. The standard InChI is InChI=1S/C12H19N3O2/c1-2-14(7-8-16)12(17)10-3-5-15-6-4-13-11(15)9-10/h4,6,10,16H,2-3,5,7-9H2,1H3. The highest BCUT2D eigenvalue weighted by Crippen LogP contribution is 2.21. The van der Waals surface area contributed by atoms with Crippen molar-refractivity contribution in [3.05, 3.63) is 18.2 Å². The number of fused-ring (bicyclic) bond motifs is 1. The first-order valence-electron chi connectivity index (χ1n) is 6.16. The third-order valence-corrected chi connectivity index (χ3v) is 3.36. The quantitative estimate of drug-likeness (QED) is 0.818. The zero-order chi connectivity index (χ0) is 12.3. The number of aliphatic hydroxyl groups excluding tert-OH is 1. The van der Waals surface area contributed by atoms with Gasteiger partial charge in [-0.15, -0.1) is 0 Å². The van der Waals surface area contributed by atoms with Gasteiger partial charge in [0.15, 0.2) is 0 Å². The molecule has 1 unspecified atom stereocenters. The van der Waals surface area contributed by atoms with Crippen LogP contribution in [0, 0.1) is 5.92 Å². The summed E-state index contributed by atoms with van der Waals surface area (Å²) in [6, 6.07) is 0. The predicted octanol–water partition coefficient (Wildman–Crippen LogP) is 0.286. The second-order valence-corrected chi connectivity index (χ2v) is 4.37. The molecule has 1 aliphatic heterocycles. The summed E-state index contributed by atoms with van der Waals surface area (Å²) in [5.74, 6) is 1.17. The third-order valence-electron chi connectivity index (χ3n) is 3.36. The second kappa shape index (κ2) is 5.31. The fraction of sp³-hybridized carbons (Fsp3) is 0.667. The van der Waals surface area contributed by atoms with E-state index in [9.17, 15) is 4.79 Å². The van der Waals surface area contributed by atoms with E-state index >= 15 is 0 Å². The van der Waals surface area contributed by atoms with Gasteiger partial charge in [-0.05, 0) is 13.3 Å². The Kier molecular flexibility index (Phi) is 3.78. The van der Waals surface area contributed by atoms with E-state index in [0.29, 0.717) is 19.5 Å². The van der Waals surface area contributed by atoms with E-state index in [1.54, 1.807) is 11.1 Å². The maximum atomic E-state index is 12.2. The lowest BCUT2D eigenvalue weighted by Crippen LogP contribution is -2.40. The highest BCUT2D eigenvalue weighted by Gasteiger charge is 2.28. The molecule has 0 aliphatic carbocycles. The van der Waals surface area contributed by atoms with Crippen molar-refractivity contribution in [3.63, 3.8) is 0 Å². The maximum absolute atomic E-state index is 12.2. The third kappa shape index (κ3) is 2.49. The first-order valence-corrected chi connectivity index (χ1v) is 6.16. The monoisotopic (exact) mass is 237 g/mol. The summed E-state index contributed by atoms with van der Waals surface area (Å²) in [5.41, 5.74) is 0. The van der Waals surface area contributed by atoms with Crippen LogP contribution in [0.3, 0.4) is 0 Å². The van der Waals surface area contributed by atoms with Crippen LogP contribution in [0.2, 0.25) is 0 Å². The van der Waals surface area contributed by atoms with Gasteiger partial charge in [-0.2, -0.15) is 0 Å². The van der Waals surface area contributed by atoms with Gasteiger partial charge < -0.3 is 14.6 Å². The zero-order valence-electron chi connectivity index (χ0n) is 10.2. The topological polar surface area (TPSA) is 58.4 Å². The number of aromatic nitrogens is 2. The van der Waals surface area contributed by atoms with E-state index in [0.717, 1.165) is 18.8 Å². The van der Waals surface area contributed by atoms with Crippen LogP contribution in [-0.4, -0.2) is 45.2 Å². The average Bonchev–Trinajstić information content (AvgIpc) is 2.82. The molecule has 1 aliphatic rings. The summed E-state index contributed by atoms with van der Waals surface area (Å²) in [4.78, 5) is 18.2. The van der Waals surface area contributed by atoms with Crippen molar-refractivity contribution in [2.75, 3.05) is 19.7 Å². The van der Waals surface area contributed by atoms with E-state index in [1.165, 1.54) is 0 Å². The molecule has 1 aromatic heterocycles. The number of hydrogen-bond acceptors (Lipinski definition) is 3. The molecule has 2 heterocycles. The number of nitrogens with zero attached hydrogens (tertiary/aromatic N) is 3. The second-order valence-electron chi connectivity index (χ2n) is 4.37. The van der Waals surface area contributed by atoms with Crippen molar-refractivity contribution in [1.29, 1.82) is 0 Å². The Morgan fingerprint density at radius 1 is 1.71 bits per heavy atom. The highest BCUT2D eigenvalue weighted by atomic mass is 16.3. The van der Waals surface area contributed by atoms with Crippen LogP contribution < -0.4 is 0 Å². The van der Waals surface area contributed by atoms with Gasteiger partial charge in [-0.3, -0.25) is 4.79 Å². The Bertz CT molecular complexity index is 389. The molecule has 2 rings (SSSR count). The van der Waals surface area contributed by atoms with Crippen molar-refractivity contribution < 1.29 is 9.90 Å². The van der Waals surface area contributed by atoms with Gasteiger partial charge in [0.25, 0.3) is 0 Å². The lowest BCUT2D eigenvalue weighted by molar-refractivity contribution is -0.136. The molecule has 1 atom stereocenters. The largest absolute Gasteiger partial charge is 0.395 e. The van der Waals surface area contributed by atoms with Crippen molar-refractivity contribution in [2.45, 2.75) is 26.3 Å². The highest BCUT2D eigenvalue weighted by molar-refractivity contribution is 5.79. The van der Waals surface area contributed by atoms with Gasteiger partial charge in [-0.25, -0.2) is 4.98 Å². The molecular weight excluding hydrogens is 218 g/mol. The summed E-state index contributed by atoms with van der Waals surface area (Å²) < 4.78 is 2.10. The summed E-state index contributed by atoms with van der Waals surface area (Å²) in [6.45, 7) is 3.92. The van der Waals surface area contributed by atoms with Crippen LogP contribution in [0.5, 0.6) is 0 Å². The molecular formula is C12H19N3O2. The molecule has 0 saturated carbocycles. The molecule has 0 radical (unpaired) electrons. The van der Waals surface area contributed by atoms with E-state index in [2.05, 4.69) is 9.55 Å². The Balaban J connectivity index is 2.02. The number of amides is 1. The van der Waals surface area contributed by atoms with E-state index in [4.69, 9.17) is 5.11 Å². The molecule has 1 N–H and O–H groups in total. The van der Waals surface area contributed by atoms with Crippen molar-refractivity contribution >= 4 is 5.91 Å². The smallest absolute Gasteiger partial charge is 0.226 e. The van der Waals surface area contributed by atoms with E-state index in [1.807, 2.05) is 13.1 Å². The first-order chi connectivity index (χ1) is 8.26. The number of imidazole rings is 1. The number of likely N-dealkylation sites (N-methyl/N-ethyl adjacent to an activating group) is 1.